The molecule has 11 heteroatoms. The molecule has 2 aliphatic heterocycles. The highest BCUT2D eigenvalue weighted by Crippen LogP contribution is 2.32. The molecule has 2 aromatic carbocycles. The molecule has 3 N–H and O–H groups in total. The van der Waals surface area contributed by atoms with Crippen LogP contribution in [0.3, 0.4) is 0 Å². The summed E-state index contributed by atoms with van der Waals surface area (Å²) in [4.78, 5) is 25.3. The van der Waals surface area contributed by atoms with Gasteiger partial charge in [-0.15, -0.1) is 0 Å². The number of thiocarbonyl (C=S) groups is 1. The zero-order valence-electron chi connectivity index (χ0n) is 17.2. The molecule has 1 fully saturated rings. The fourth-order valence-electron chi connectivity index (χ4n) is 3.77. The lowest BCUT2D eigenvalue weighted by atomic mass is 9.95. The molecule has 0 spiro atoms. The van der Waals surface area contributed by atoms with Crippen molar-refractivity contribution in [2.75, 3.05) is 24.8 Å². The van der Waals surface area contributed by atoms with Crippen LogP contribution in [0.5, 0.6) is 11.5 Å². The Kier molecular flexibility index (Phi) is 6.55. The zero-order valence-corrected chi connectivity index (χ0v) is 18.0. The van der Waals surface area contributed by atoms with Crippen LogP contribution >= 0.6 is 12.2 Å². The minimum Gasteiger partial charge on any atom is -0.454 e. The number of anilines is 1. The number of carbonyl (C=O) groups excluding carboxylic acids is 1. The smallest absolute Gasteiger partial charge is 0.292 e. The minimum absolute atomic E-state index is 0.0796. The van der Waals surface area contributed by atoms with Crippen LogP contribution in [0.25, 0.3) is 0 Å². The number of carbonyl (C=O) groups is 1. The molecule has 0 aromatic heterocycles. The lowest BCUT2D eigenvalue weighted by Crippen LogP contribution is -2.50. The third kappa shape index (κ3) is 4.99. The predicted octanol–water partition coefficient (Wildman–Crippen LogP) is 2.24. The summed E-state index contributed by atoms with van der Waals surface area (Å²) in [6.07, 6.45) is 1.19. The van der Waals surface area contributed by atoms with E-state index in [0.29, 0.717) is 49.0 Å². The van der Waals surface area contributed by atoms with Crippen molar-refractivity contribution in [3.63, 3.8) is 0 Å². The van der Waals surface area contributed by atoms with Crippen molar-refractivity contribution in [2.45, 2.75) is 19.4 Å². The number of hydrazine groups is 1. The van der Waals surface area contributed by atoms with Crippen LogP contribution in [0.1, 0.15) is 18.4 Å². The van der Waals surface area contributed by atoms with Crippen molar-refractivity contribution >= 4 is 34.6 Å². The molecule has 0 saturated carbocycles. The number of hydrogen-bond donors (Lipinski definition) is 3. The second-order valence-electron chi connectivity index (χ2n) is 7.49. The quantitative estimate of drug-likeness (QED) is 0.353. The van der Waals surface area contributed by atoms with E-state index in [-0.39, 0.29) is 29.2 Å². The fourth-order valence-corrected chi connectivity index (χ4v) is 3.89. The van der Waals surface area contributed by atoms with Gasteiger partial charge in [-0.2, -0.15) is 0 Å². The van der Waals surface area contributed by atoms with E-state index in [1.54, 1.807) is 18.2 Å². The predicted molar refractivity (Wildman–Crippen MR) is 121 cm³/mol. The Bertz CT molecular complexity index is 1030. The summed E-state index contributed by atoms with van der Waals surface area (Å²) in [7, 11) is 0. The molecule has 0 radical (unpaired) electrons. The first kappa shape index (κ1) is 21.6. The summed E-state index contributed by atoms with van der Waals surface area (Å²) in [6.45, 7) is 1.82. The number of fused-ring (bicyclic) bond motifs is 1. The van der Waals surface area contributed by atoms with Crippen molar-refractivity contribution in [3.8, 4) is 11.5 Å². The van der Waals surface area contributed by atoms with Gasteiger partial charge >= 0.3 is 0 Å². The van der Waals surface area contributed by atoms with E-state index >= 15 is 0 Å². The molecule has 2 aliphatic rings. The Morgan fingerprint density at radius 1 is 1.12 bits per heavy atom. The van der Waals surface area contributed by atoms with Gasteiger partial charge in [-0.3, -0.25) is 25.8 Å². The summed E-state index contributed by atoms with van der Waals surface area (Å²) >= 11 is 5.23. The van der Waals surface area contributed by atoms with Gasteiger partial charge in [-0.05, 0) is 48.8 Å². The van der Waals surface area contributed by atoms with Gasteiger partial charge in [0.15, 0.2) is 16.6 Å². The number of nitrogens with zero attached hydrogens (tertiary/aromatic N) is 2. The Hall–Kier alpha value is -3.60. The highest BCUT2D eigenvalue weighted by Gasteiger charge is 2.28. The van der Waals surface area contributed by atoms with Crippen molar-refractivity contribution in [1.82, 2.24) is 16.2 Å². The van der Waals surface area contributed by atoms with Gasteiger partial charge in [0.05, 0.1) is 4.92 Å². The highest BCUT2D eigenvalue weighted by molar-refractivity contribution is 7.80. The van der Waals surface area contributed by atoms with Crippen molar-refractivity contribution in [2.24, 2.45) is 5.92 Å². The molecule has 1 amide bonds. The average molecular weight is 458 g/mol. The highest BCUT2D eigenvalue weighted by atomic mass is 32.1. The third-order valence-electron chi connectivity index (χ3n) is 5.47. The molecule has 0 unspecified atom stereocenters. The minimum atomic E-state index is -0.379. The van der Waals surface area contributed by atoms with Crippen LogP contribution in [0.15, 0.2) is 42.5 Å². The molecule has 0 bridgehead atoms. The van der Waals surface area contributed by atoms with Gasteiger partial charge in [0.2, 0.25) is 12.7 Å². The van der Waals surface area contributed by atoms with Crippen LogP contribution in [0, 0.1) is 16.0 Å². The van der Waals surface area contributed by atoms with Crippen molar-refractivity contribution < 1.29 is 19.2 Å². The van der Waals surface area contributed by atoms with Gasteiger partial charge in [-0.25, -0.2) is 0 Å². The number of ether oxygens (including phenoxy) is 2. The van der Waals surface area contributed by atoms with Crippen LogP contribution < -0.4 is 30.5 Å². The first-order chi connectivity index (χ1) is 15.5. The second-order valence-corrected chi connectivity index (χ2v) is 7.90. The molecular formula is C21H23N5O5S. The zero-order chi connectivity index (χ0) is 22.5. The van der Waals surface area contributed by atoms with Crippen LogP contribution in [-0.4, -0.2) is 35.8 Å². The molecule has 10 nitrogen and oxygen atoms in total. The maximum absolute atomic E-state index is 12.5. The maximum atomic E-state index is 12.5. The lowest BCUT2D eigenvalue weighted by Gasteiger charge is -2.32. The SMILES string of the molecule is O=C(NNC(=S)NCc1ccc2c(c1)OCO2)C1CCN(c2ccccc2[N+](=O)[O-])CC1. The topological polar surface area (TPSA) is 118 Å². The number of para-hydroxylation sites is 2. The average Bonchev–Trinajstić information content (AvgIpc) is 3.29. The summed E-state index contributed by atoms with van der Waals surface area (Å²) in [5.74, 6) is 1.07. The van der Waals surface area contributed by atoms with Crippen molar-refractivity contribution in [3.05, 3.63) is 58.1 Å². The number of piperidine rings is 1. The molecule has 1 saturated heterocycles. The molecule has 2 aromatic rings. The van der Waals surface area contributed by atoms with E-state index in [9.17, 15) is 14.9 Å². The molecule has 0 atom stereocenters. The van der Waals surface area contributed by atoms with Crippen molar-refractivity contribution in [1.29, 1.82) is 0 Å². The lowest BCUT2D eigenvalue weighted by molar-refractivity contribution is -0.384. The number of hydrogen-bond acceptors (Lipinski definition) is 7. The number of amides is 1. The normalized spacial score (nSPS) is 15.2. The van der Waals surface area contributed by atoms with Gasteiger partial charge in [0, 0.05) is 31.6 Å². The molecule has 32 heavy (non-hydrogen) atoms. The van der Waals surface area contributed by atoms with Crippen LogP contribution in [-0.2, 0) is 11.3 Å². The van der Waals surface area contributed by atoms with E-state index in [0.717, 1.165) is 11.3 Å². The van der Waals surface area contributed by atoms with Gasteiger partial charge in [0.1, 0.15) is 5.69 Å². The Morgan fingerprint density at radius 2 is 1.88 bits per heavy atom. The van der Waals surface area contributed by atoms with E-state index in [1.807, 2.05) is 23.1 Å². The van der Waals surface area contributed by atoms with E-state index in [4.69, 9.17) is 21.7 Å². The number of nitro groups is 1. The molecule has 4 rings (SSSR count). The second kappa shape index (κ2) is 9.69. The first-order valence-electron chi connectivity index (χ1n) is 10.2. The summed E-state index contributed by atoms with van der Waals surface area (Å²) in [5.41, 5.74) is 7.01. The Labute approximate surface area is 190 Å². The maximum Gasteiger partial charge on any atom is 0.292 e. The Morgan fingerprint density at radius 3 is 2.66 bits per heavy atom. The number of rotatable bonds is 5. The largest absolute Gasteiger partial charge is 0.454 e. The summed E-state index contributed by atoms with van der Waals surface area (Å²) in [5, 5.41) is 14.6. The van der Waals surface area contributed by atoms with Gasteiger partial charge in [0.25, 0.3) is 5.69 Å². The molecular weight excluding hydrogens is 434 g/mol. The number of nitro benzene ring substituents is 1. The van der Waals surface area contributed by atoms with Crippen LogP contribution in [0.2, 0.25) is 0 Å². The van der Waals surface area contributed by atoms with Gasteiger partial charge < -0.3 is 19.7 Å². The number of benzene rings is 2. The standard InChI is InChI=1S/C21H23N5O5S/c27-20(15-7-9-25(10-8-15)16-3-1-2-4-17(16)26(28)29)23-24-21(32)22-12-14-5-6-18-19(11-14)31-13-30-18/h1-6,11,15H,7-10,12-13H2,(H,23,27)(H2,22,24,32). The van der Waals surface area contributed by atoms with Gasteiger partial charge in [-0.1, -0.05) is 18.2 Å². The van der Waals surface area contributed by atoms with E-state index in [2.05, 4.69) is 16.2 Å². The first-order valence-corrected chi connectivity index (χ1v) is 10.6. The van der Waals surface area contributed by atoms with Crippen LogP contribution in [0.4, 0.5) is 11.4 Å². The summed E-state index contributed by atoms with van der Waals surface area (Å²) < 4.78 is 10.6. The Balaban J connectivity index is 1.20. The summed E-state index contributed by atoms with van der Waals surface area (Å²) in [6, 6.07) is 12.3. The molecule has 0 aliphatic carbocycles. The third-order valence-corrected chi connectivity index (χ3v) is 5.72. The molecule has 168 valence electrons. The number of nitrogens with one attached hydrogen (secondary N) is 3. The molecule has 2 heterocycles. The monoisotopic (exact) mass is 457 g/mol. The van der Waals surface area contributed by atoms with E-state index < -0.39 is 0 Å². The van der Waals surface area contributed by atoms with E-state index in [1.165, 1.54) is 6.07 Å². The fraction of sp³-hybridized carbons (Fsp3) is 0.333.